The molecule has 5 aromatic rings. The van der Waals surface area contributed by atoms with E-state index in [1.165, 1.54) is 5.56 Å². The van der Waals surface area contributed by atoms with Gasteiger partial charge in [0.15, 0.2) is 5.65 Å². The van der Waals surface area contributed by atoms with Crippen molar-refractivity contribution in [3.63, 3.8) is 0 Å². The lowest BCUT2D eigenvalue weighted by atomic mass is 9.96. The molecular formula is C21H19N5O. The van der Waals surface area contributed by atoms with Gasteiger partial charge >= 0.3 is 5.69 Å². The molecule has 6 heteroatoms. The number of aryl methyl sites for hydroxylation is 4. The maximum Gasteiger partial charge on any atom is 0.333 e. The van der Waals surface area contributed by atoms with Crippen molar-refractivity contribution < 1.29 is 0 Å². The molecule has 134 valence electrons. The summed E-state index contributed by atoms with van der Waals surface area (Å²) in [4.78, 5) is 20.5. The van der Waals surface area contributed by atoms with Crippen LogP contribution in [-0.2, 0) is 7.05 Å². The van der Waals surface area contributed by atoms with Gasteiger partial charge in [0, 0.05) is 12.6 Å². The molecule has 0 bridgehead atoms. The first kappa shape index (κ1) is 15.8. The van der Waals surface area contributed by atoms with Crippen LogP contribution in [0.1, 0.15) is 16.7 Å². The molecule has 2 aromatic carbocycles. The third kappa shape index (κ3) is 2.10. The number of imidazole rings is 1. The largest absolute Gasteiger partial charge is 0.333 e. The summed E-state index contributed by atoms with van der Waals surface area (Å²) in [5, 5.41) is 5.63. The zero-order chi connectivity index (χ0) is 18.9. The van der Waals surface area contributed by atoms with E-state index in [1.807, 2.05) is 31.3 Å². The Hall–Kier alpha value is -3.41. The smallest absolute Gasteiger partial charge is 0.291 e. The fraction of sp³-hybridized carbons (Fsp3) is 0.190. The number of rotatable bonds is 1. The predicted octanol–water partition coefficient (Wildman–Crippen LogP) is 3.65. The average Bonchev–Trinajstić information content (AvgIpc) is 3.13. The first-order chi connectivity index (χ1) is 13.0. The van der Waals surface area contributed by atoms with Crippen LogP contribution in [0.3, 0.4) is 0 Å². The normalized spacial score (nSPS) is 11.9. The van der Waals surface area contributed by atoms with E-state index in [4.69, 9.17) is 10.1 Å². The van der Waals surface area contributed by atoms with Gasteiger partial charge in [0.1, 0.15) is 11.3 Å². The topological polar surface area (TPSA) is 68.0 Å². The molecule has 1 N–H and O–H groups in total. The highest BCUT2D eigenvalue weighted by atomic mass is 16.1. The molecule has 0 amide bonds. The van der Waals surface area contributed by atoms with Crippen LogP contribution in [0.5, 0.6) is 0 Å². The van der Waals surface area contributed by atoms with Gasteiger partial charge < -0.3 is 0 Å². The minimum absolute atomic E-state index is 0.210. The van der Waals surface area contributed by atoms with Gasteiger partial charge in [0.05, 0.1) is 16.4 Å². The quantitative estimate of drug-likeness (QED) is 0.498. The third-order valence-corrected chi connectivity index (χ3v) is 5.17. The SMILES string of the molecule is Cc1cc(C)c(-c2nn(C)c3[nH]c(=O)n4c5ccccc5nc4c23)c(C)c1. The van der Waals surface area contributed by atoms with Crippen LogP contribution >= 0.6 is 0 Å². The second-order valence-corrected chi connectivity index (χ2v) is 7.16. The molecule has 0 atom stereocenters. The Kier molecular flexibility index (Phi) is 3.10. The maximum absolute atomic E-state index is 12.8. The Morgan fingerprint density at radius 3 is 2.48 bits per heavy atom. The second-order valence-electron chi connectivity index (χ2n) is 7.16. The molecule has 0 saturated carbocycles. The number of aromatic nitrogens is 5. The minimum Gasteiger partial charge on any atom is -0.291 e. The van der Waals surface area contributed by atoms with Crippen LogP contribution < -0.4 is 5.69 Å². The lowest BCUT2D eigenvalue weighted by Gasteiger charge is -2.09. The van der Waals surface area contributed by atoms with Crippen LogP contribution in [0.2, 0.25) is 0 Å². The lowest BCUT2D eigenvalue weighted by Crippen LogP contribution is -2.16. The zero-order valence-electron chi connectivity index (χ0n) is 15.7. The third-order valence-electron chi connectivity index (χ3n) is 5.17. The number of nitrogens with one attached hydrogen (secondary N) is 1. The molecule has 0 aliphatic rings. The summed E-state index contributed by atoms with van der Waals surface area (Å²) >= 11 is 0. The van der Waals surface area contributed by atoms with Crippen LogP contribution in [0, 0.1) is 20.8 Å². The average molecular weight is 357 g/mol. The number of hydrogen-bond acceptors (Lipinski definition) is 3. The van der Waals surface area contributed by atoms with Crippen molar-refractivity contribution in [3.8, 4) is 11.3 Å². The van der Waals surface area contributed by atoms with Gasteiger partial charge in [0.25, 0.3) is 0 Å². The number of benzene rings is 2. The van der Waals surface area contributed by atoms with Gasteiger partial charge in [-0.2, -0.15) is 5.10 Å². The monoisotopic (exact) mass is 357 g/mol. The highest BCUT2D eigenvalue weighted by Crippen LogP contribution is 2.34. The van der Waals surface area contributed by atoms with Crippen LogP contribution in [0.25, 0.3) is 39.0 Å². The first-order valence-electron chi connectivity index (χ1n) is 8.90. The summed E-state index contributed by atoms with van der Waals surface area (Å²) in [6.45, 7) is 6.29. The van der Waals surface area contributed by atoms with Crippen molar-refractivity contribution >= 4 is 27.7 Å². The number of aromatic amines is 1. The van der Waals surface area contributed by atoms with Gasteiger partial charge in [-0.25, -0.2) is 14.2 Å². The fourth-order valence-electron chi connectivity index (χ4n) is 4.16. The molecule has 3 aromatic heterocycles. The molecule has 0 fully saturated rings. The first-order valence-corrected chi connectivity index (χ1v) is 8.90. The Bertz CT molecular complexity index is 1410. The van der Waals surface area contributed by atoms with Gasteiger partial charge in [0.2, 0.25) is 0 Å². The summed E-state index contributed by atoms with van der Waals surface area (Å²) in [6.07, 6.45) is 0. The van der Waals surface area contributed by atoms with Gasteiger partial charge in [-0.05, 0) is 44.0 Å². The Balaban J connectivity index is 2.03. The molecule has 3 heterocycles. The summed E-state index contributed by atoms with van der Waals surface area (Å²) in [7, 11) is 1.85. The maximum atomic E-state index is 12.8. The summed E-state index contributed by atoms with van der Waals surface area (Å²) in [5.41, 5.74) is 8.17. The number of fused-ring (bicyclic) bond motifs is 5. The van der Waals surface area contributed by atoms with Crippen LogP contribution in [0.4, 0.5) is 0 Å². The summed E-state index contributed by atoms with van der Waals surface area (Å²) in [5.74, 6) is 0. The van der Waals surface area contributed by atoms with Crippen LogP contribution in [0.15, 0.2) is 41.2 Å². The molecule has 0 spiro atoms. The summed E-state index contributed by atoms with van der Waals surface area (Å²) in [6, 6.07) is 12.0. The lowest BCUT2D eigenvalue weighted by molar-refractivity contribution is 0.785. The van der Waals surface area contributed by atoms with E-state index in [0.29, 0.717) is 11.3 Å². The van der Waals surface area contributed by atoms with Gasteiger partial charge in [-0.3, -0.25) is 9.67 Å². The van der Waals surface area contributed by atoms with Crippen LogP contribution in [-0.4, -0.2) is 24.1 Å². The van der Waals surface area contributed by atoms with E-state index in [0.717, 1.165) is 38.8 Å². The highest BCUT2D eigenvalue weighted by molar-refractivity contribution is 6.04. The number of H-pyrrole nitrogens is 1. The molecule has 27 heavy (non-hydrogen) atoms. The number of nitrogens with zero attached hydrogens (tertiary/aromatic N) is 4. The molecule has 0 unspecified atom stereocenters. The number of para-hydroxylation sites is 2. The van der Waals surface area contributed by atoms with E-state index in [2.05, 4.69) is 37.9 Å². The molecule has 0 aliphatic carbocycles. The Morgan fingerprint density at radius 2 is 1.74 bits per heavy atom. The van der Waals surface area contributed by atoms with Gasteiger partial charge in [-0.15, -0.1) is 0 Å². The molecule has 0 saturated heterocycles. The van der Waals surface area contributed by atoms with Crippen molar-refractivity contribution in [2.24, 2.45) is 7.05 Å². The zero-order valence-corrected chi connectivity index (χ0v) is 15.7. The fourth-order valence-corrected chi connectivity index (χ4v) is 4.16. The predicted molar refractivity (Wildman–Crippen MR) is 107 cm³/mol. The molecule has 0 radical (unpaired) electrons. The van der Waals surface area contributed by atoms with E-state index in [1.54, 1.807) is 9.08 Å². The van der Waals surface area contributed by atoms with Crippen molar-refractivity contribution in [1.82, 2.24) is 24.1 Å². The van der Waals surface area contributed by atoms with Gasteiger partial charge in [-0.1, -0.05) is 29.8 Å². The van der Waals surface area contributed by atoms with Crippen molar-refractivity contribution in [3.05, 3.63) is 63.6 Å². The molecule has 0 aliphatic heterocycles. The van der Waals surface area contributed by atoms with Crippen molar-refractivity contribution in [2.45, 2.75) is 20.8 Å². The Labute approximate surface area is 155 Å². The Morgan fingerprint density at radius 1 is 1.04 bits per heavy atom. The molecular weight excluding hydrogens is 338 g/mol. The molecule has 6 nitrogen and oxygen atoms in total. The van der Waals surface area contributed by atoms with Crippen molar-refractivity contribution in [1.29, 1.82) is 0 Å². The van der Waals surface area contributed by atoms with E-state index < -0.39 is 0 Å². The standard InChI is InChI=1S/C21H19N5O/c1-11-9-12(2)16(13(3)10-11)18-17-19(25(4)24-18)23-21(27)26-15-8-6-5-7-14(15)22-20(17)26/h5-10H,1-4H3,(H,23,27). The van der Waals surface area contributed by atoms with E-state index in [-0.39, 0.29) is 5.69 Å². The van der Waals surface area contributed by atoms with E-state index >= 15 is 0 Å². The minimum atomic E-state index is -0.210. The van der Waals surface area contributed by atoms with E-state index in [9.17, 15) is 4.79 Å². The number of hydrogen-bond donors (Lipinski definition) is 1. The molecule has 5 rings (SSSR count). The van der Waals surface area contributed by atoms with Crippen molar-refractivity contribution in [2.75, 3.05) is 0 Å². The second kappa shape index (κ2) is 5.30. The highest BCUT2D eigenvalue weighted by Gasteiger charge is 2.21. The summed E-state index contributed by atoms with van der Waals surface area (Å²) < 4.78 is 3.37.